The number of hydrogen-bond acceptors (Lipinski definition) is 2. The van der Waals surface area contributed by atoms with Crippen LogP contribution in [0.15, 0.2) is 36.4 Å². The summed E-state index contributed by atoms with van der Waals surface area (Å²) in [4.78, 5) is 0. The fourth-order valence-corrected chi connectivity index (χ4v) is 2.11. The minimum Gasteiger partial charge on any atom is -0.487 e. The van der Waals surface area contributed by atoms with Gasteiger partial charge in [0, 0.05) is 0 Å². The molecule has 2 N–H and O–H groups in total. The minimum atomic E-state index is 0.557. The summed E-state index contributed by atoms with van der Waals surface area (Å²) in [5.41, 5.74) is 11.7. The number of anilines is 1. The lowest BCUT2D eigenvalue weighted by Crippen LogP contribution is -2.01. The van der Waals surface area contributed by atoms with Crippen LogP contribution in [0, 0.1) is 13.8 Å². The van der Waals surface area contributed by atoms with E-state index in [2.05, 4.69) is 45.0 Å². The number of aryl methyl sites for hydroxylation is 3. The highest BCUT2D eigenvalue weighted by Crippen LogP contribution is 2.24. The Morgan fingerprint density at radius 3 is 2.47 bits per heavy atom. The topological polar surface area (TPSA) is 35.2 Å². The van der Waals surface area contributed by atoms with Crippen molar-refractivity contribution < 1.29 is 4.74 Å². The van der Waals surface area contributed by atoms with E-state index in [4.69, 9.17) is 10.5 Å². The average molecular weight is 255 g/mol. The molecule has 0 spiro atoms. The van der Waals surface area contributed by atoms with Crippen molar-refractivity contribution in [2.75, 3.05) is 5.73 Å². The van der Waals surface area contributed by atoms with Crippen LogP contribution < -0.4 is 10.5 Å². The molecule has 0 saturated heterocycles. The second-order valence-corrected chi connectivity index (χ2v) is 4.94. The molecule has 0 unspecified atom stereocenters. The Labute approximate surface area is 115 Å². The van der Waals surface area contributed by atoms with Crippen LogP contribution in [0.2, 0.25) is 0 Å². The zero-order valence-electron chi connectivity index (χ0n) is 11.9. The minimum absolute atomic E-state index is 0.557. The lowest BCUT2D eigenvalue weighted by molar-refractivity contribution is 0.307. The van der Waals surface area contributed by atoms with Gasteiger partial charge in [0.1, 0.15) is 12.4 Å². The van der Waals surface area contributed by atoms with Gasteiger partial charge in [-0.3, -0.25) is 0 Å². The number of hydrogen-bond donors (Lipinski definition) is 1. The second-order valence-electron chi connectivity index (χ2n) is 4.94. The first-order valence-electron chi connectivity index (χ1n) is 6.67. The smallest absolute Gasteiger partial charge is 0.142 e. The predicted molar refractivity (Wildman–Crippen MR) is 80.5 cm³/mol. The standard InChI is InChI=1S/C17H21NO/c1-4-14-6-8-17(16(18)10-14)19-11-15-7-5-12(2)9-13(15)3/h5-10H,4,11,18H2,1-3H3. The number of benzene rings is 2. The van der Waals surface area contributed by atoms with Gasteiger partial charge in [-0.1, -0.05) is 36.8 Å². The van der Waals surface area contributed by atoms with E-state index < -0.39 is 0 Å². The highest BCUT2D eigenvalue weighted by molar-refractivity contribution is 5.54. The second kappa shape index (κ2) is 5.79. The van der Waals surface area contributed by atoms with Crippen molar-refractivity contribution in [2.24, 2.45) is 0 Å². The maximum Gasteiger partial charge on any atom is 0.142 e. The van der Waals surface area contributed by atoms with Crippen LogP contribution in [0.25, 0.3) is 0 Å². The molecule has 2 nitrogen and oxygen atoms in total. The van der Waals surface area contributed by atoms with Gasteiger partial charge in [-0.15, -0.1) is 0 Å². The average Bonchev–Trinajstić information content (AvgIpc) is 2.39. The third kappa shape index (κ3) is 3.28. The monoisotopic (exact) mass is 255 g/mol. The summed E-state index contributed by atoms with van der Waals surface area (Å²) in [7, 11) is 0. The zero-order valence-corrected chi connectivity index (χ0v) is 11.9. The molecule has 0 aliphatic heterocycles. The Kier molecular flexibility index (Phi) is 4.10. The van der Waals surface area contributed by atoms with Crippen LogP contribution in [-0.2, 0) is 13.0 Å². The van der Waals surface area contributed by atoms with Crippen LogP contribution in [0.1, 0.15) is 29.2 Å². The molecule has 2 rings (SSSR count). The van der Waals surface area contributed by atoms with Gasteiger partial charge in [0.05, 0.1) is 5.69 Å². The highest BCUT2D eigenvalue weighted by Gasteiger charge is 2.04. The fraction of sp³-hybridized carbons (Fsp3) is 0.294. The maximum atomic E-state index is 6.00. The Hall–Kier alpha value is -1.96. The summed E-state index contributed by atoms with van der Waals surface area (Å²) >= 11 is 0. The van der Waals surface area contributed by atoms with Crippen LogP contribution in [0.5, 0.6) is 5.75 Å². The van der Waals surface area contributed by atoms with Crippen LogP contribution >= 0.6 is 0 Å². The summed E-state index contributed by atoms with van der Waals surface area (Å²) < 4.78 is 5.82. The summed E-state index contributed by atoms with van der Waals surface area (Å²) in [5.74, 6) is 0.761. The van der Waals surface area contributed by atoms with E-state index in [1.165, 1.54) is 22.3 Å². The zero-order chi connectivity index (χ0) is 13.8. The molecular weight excluding hydrogens is 234 g/mol. The number of ether oxygens (including phenoxy) is 1. The van der Waals surface area contributed by atoms with E-state index in [9.17, 15) is 0 Å². The van der Waals surface area contributed by atoms with Crippen molar-refractivity contribution in [1.82, 2.24) is 0 Å². The van der Waals surface area contributed by atoms with Crippen LogP contribution in [0.3, 0.4) is 0 Å². The largest absolute Gasteiger partial charge is 0.487 e. The molecule has 2 aromatic carbocycles. The van der Waals surface area contributed by atoms with E-state index in [-0.39, 0.29) is 0 Å². The Morgan fingerprint density at radius 2 is 1.84 bits per heavy atom. The third-order valence-corrected chi connectivity index (χ3v) is 3.36. The lowest BCUT2D eigenvalue weighted by atomic mass is 10.1. The summed E-state index contributed by atoms with van der Waals surface area (Å²) in [6.07, 6.45) is 0.988. The van der Waals surface area contributed by atoms with E-state index in [0.29, 0.717) is 12.3 Å². The molecule has 0 atom stereocenters. The quantitative estimate of drug-likeness (QED) is 0.837. The van der Waals surface area contributed by atoms with Crippen LogP contribution in [-0.4, -0.2) is 0 Å². The molecule has 19 heavy (non-hydrogen) atoms. The van der Waals surface area contributed by atoms with Crippen molar-refractivity contribution in [3.8, 4) is 5.75 Å². The van der Waals surface area contributed by atoms with E-state index in [1.54, 1.807) is 0 Å². The molecule has 100 valence electrons. The molecule has 0 amide bonds. The first-order chi connectivity index (χ1) is 9.10. The summed E-state index contributed by atoms with van der Waals surface area (Å²) in [6, 6.07) is 12.4. The van der Waals surface area contributed by atoms with Crippen molar-refractivity contribution >= 4 is 5.69 Å². The predicted octanol–water partition coefficient (Wildman–Crippen LogP) is 4.03. The van der Waals surface area contributed by atoms with Crippen molar-refractivity contribution in [3.05, 3.63) is 58.7 Å². The van der Waals surface area contributed by atoms with E-state index >= 15 is 0 Å². The summed E-state index contributed by atoms with van der Waals surface area (Å²) in [6.45, 7) is 6.88. The molecule has 0 heterocycles. The van der Waals surface area contributed by atoms with Crippen molar-refractivity contribution in [1.29, 1.82) is 0 Å². The maximum absolute atomic E-state index is 6.00. The fourth-order valence-electron chi connectivity index (χ4n) is 2.11. The van der Waals surface area contributed by atoms with Crippen LogP contribution in [0.4, 0.5) is 5.69 Å². The molecule has 0 radical (unpaired) electrons. The van der Waals surface area contributed by atoms with Gasteiger partial charge < -0.3 is 10.5 Å². The molecule has 2 aromatic rings. The summed E-state index contributed by atoms with van der Waals surface area (Å²) in [5, 5.41) is 0. The number of rotatable bonds is 4. The normalized spacial score (nSPS) is 10.5. The number of nitrogens with two attached hydrogens (primary N) is 1. The Bertz CT molecular complexity index is 575. The number of nitrogen functional groups attached to an aromatic ring is 1. The van der Waals surface area contributed by atoms with Gasteiger partial charge in [-0.05, 0) is 49.1 Å². The first kappa shape index (κ1) is 13.5. The highest BCUT2D eigenvalue weighted by atomic mass is 16.5. The van der Waals surface area contributed by atoms with Gasteiger partial charge in [0.2, 0.25) is 0 Å². The molecule has 0 bridgehead atoms. The van der Waals surface area contributed by atoms with Gasteiger partial charge in [0.25, 0.3) is 0 Å². The SMILES string of the molecule is CCc1ccc(OCc2ccc(C)cc2C)c(N)c1. The molecular formula is C17H21NO. The molecule has 0 aliphatic carbocycles. The van der Waals surface area contributed by atoms with Gasteiger partial charge in [-0.2, -0.15) is 0 Å². The van der Waals surface area contributed by atoms with Gasteiger partial charge in [0.15, 0.2) is 0 Å². The Morgan fingerprint density at radius 1 is 1.05 bits per heavy atom. The van der Waals surface area contributed by atoms with Gasteiger partial charge >= 0.3 is 0 Å². The van der Waals surface area contributed by atoms with Gasteiger partial charge in [-0.25, -0.2) is 0 Å². The Balaban J connectivity index is 2.10. The van der Waals surface area contributed by atoms with E-state index in [1.807, 2.05) is 12.1 Å². The first-order valence-corrected chi connectivity index (χ1v) is 6.67. The molecule has 0 saturated carbocycles. The third-order valence-electron chi connectivity index (χ3n) is 3.36. The molecule has 2 heteroatoms. The van der Waals surface area contributed by atoms with Crippen molar-refractivity contribution in [2.45, 2.75) is 33.8 Å². The molecule has 0 aromatic heterocycles. The van der Waals surface area contributed by atoms with E-state index in [0.717, 1.165) is 12.2 Å². The lowest BCUT2D eigenvalue weighted by Gasteiger charge is -2.12. The molecule has 0 fully saturated rings. The molecule has 0 aliphatic rings. The van der Waals surface area contributed by atoms with Crippen molar-refractivity contribution in [3.63, 3.8) is 0 Å².